The fraction of sp³-hybridized carbons (Fsp3) is 0.750. The minimum Gasteiger partial charge on any atom is -0.511 e. The average Bonchev–Trinajstić information content (AvgIpc) is 2.65. The van der Waals surface area contributed by atoms with Gasteiger partial charge in [0.2, 0.25) is 5.91 Å². The number of hydrogen-bond donors (Lipinski definition) is 2. The number of aliphatic hydroxyl groups excluding tert-OH is 2. The van der Waals surface area contributed by atoms with Gasteiger partial charge in [0, 0.05) is 6.54 Å². The molecule has 1 aliphatic rings. The molecule has 0 aromatic rings. The Hall–Kier alpha value is -1.03. The summed E-state index contributed by atoms with van der Waals surface area (Å²) in [5.41, 5.74) is 0. The van der Waals surface area contributed by atoms with E-state index in [-0.39, 0.29) is 36.2 Å². The summed E-state index contributed by atoms with van der Waals surface area (Å²) in [6.07, 6.45) is 1.64. The molecule has 0 bridgehead atoms. The highest BCUT2D eigenvalue weighted by Gasteiger charge is 2.35. The second-order valence-corrected chi connectivity index (χ2v) is 4.71. The van der Waals surface area contributed by atoms with Crippen molar-refractivity contribution in [3.8, 4) is 0 Å². The van der Waals surface area contributed by atoms with E-state index >= 15 is 0 Å². The number of carbonyl (C=O) groups excluding carboxylic acids is 1. The van der Waals surface area contributed by atoms with Crippen LogP contribution in [0.15, 0.2) is 12.3 Å². The zero-order valence-electron chi connectivity index (χ0n) is 10.0. The zero-order chi connectivity index (χ0) is 12.3. The molecule has 1 saturated heterocycles. The molecule has 2 N–H and O–H groups in total. The van der Waals surface area contributed by atoms with Gasteiger partial charge < -0.3 is 15.1 Å². The lowest BCUT2D eigenvalue weighted by atomic mass is 9.95. The maximum Gasteiger partial charge on any atom is 0.228 e. The molecule has 1 aliphatic heterocycles. The third-order valence-corrected chi connectivity index (χ3v) is 3.24. The highest BCUT2D eigenvalue weighted by molar-refractivity contribution is 5.80. The number of nitrogens with zero attached hydrogens (tertiary/aromatic N) is 1. The number of likely N-dealkylation sites (tertiary alicyclic amines) is 1. The van der Waals surface area contributed by atoms with Crippen molar-refractivity contribution in [3.63, 3.8) is 0 Å². The van der Waals surface area contributed by atoms with Crippen molar-refractivity contribution < 1.29 is 15.0 Å². The van der Waals surface area contributed by atoms with E-state index in [1.54, 1.807) is 4.90 Å². The van der Waals surface area contributed by atoms with E-state index in [4.69, 9.17) is 0 Å². The first-order valence-corrected chi connectivity index (χ1v) is 5.78. The molecular weight excluding hydrogens is 206 g/mol. The normalized spacial score (nSPS) is 22.5. The van der Waals surface area contributed by atoms with E-state index in [0.717, 1.165) is 12.8 Å². The number of rotatable bonds is 4. The first-order valence-electron chi connectivity index (χ1n) is 5.78. The highest BCUT2D eigenvalue weighted by atomic mass is 16.3. The molecule has 0 radical (unpaired) electrons. The Balaban J connectivity index is 2.75. The van der Waals surface area contributed by atoms with Crippen molar-refractivity contribution in [3.05, 3.63) is 12.3 Å². The van der Waals surface area contributed by atoms with Gasteiger partial charge in [-0.05, 0) is 18.8 Å². The molecule has 0 aromatic carbocycles. The van der Waals surface area contributed by atoms with Crippen LogP contribution in [0.4, 0.5) is 0 Å². The van der Waals surface area contributed by atoms with Crippen molar-refractivity contribution in [2.24, 2.45) is 11.8 Å². The third-order valence-electron chi connectivity index (χ3n) is 3.24. The van der Waals surface area contributed by atoms with Gasteiger partial charge in [-0.15, -0.1) is 0 Å². The molecule has 1 heterocycles. The van der Waals surface area contributed by atoms with Crippen LogP contribution in [0, 0.1) is 11.8 Å². The molecule has 1 unspecified atom stereocenters. The highest BCUT2D eigenvalue weighted by Crippen LogP contribution is 2.25. The summed E-state index contributed by atoms with van der Waals surface area (Å²) in [6, 6.07) is -0.264. The first kappa shape index (κ1) is 13.0. The Morgan fingerprint density at radius 1 is 1.56 bits per heavy atom. The molecule has 4 nitrogen and oxygen atoms in total. The van der Waals surface area contributed by atoms with Gasteiger partial charge in [-0.3, -0.25) is 4.79 Å². The predicted octanol–water partition coefficient (Wildman–Crippen LogP) is 1.31. The zero-order valence-corrected chi connectivity index (χ0v) is 10.0. The molecule has 92 valence electrons. The van der Waals surface area contributed by atoms with Gasteiger partial charge >= 0.3 is 0 Å². The van der Waals surface area contributed by atoms with Crippen molar-refractivity contribution in [2.75, 3.05) is 13.2 Å². The molecule has 0 aromatic heterocycles. The van der Waals surface area contributed by atoms with Crippen LogP contribution in [-0.4, -0.2) is 40.2 Å². The summed E-state index contributed by atoms with van der Waals surface area (Å²) >= 11 is 0. The summed E-state index contributed by atoms with van der Waals surface area (Å²) in [4.78, 5) is 13.8. The van der Waals surface area contributed by atoms with Crippen LogP contribution < -0.4 is 0 Å². The van der Waals surface area contributed by atoms with E-state index in [9.17, 15) is 15.0 Å². The summed E-state index contributed by atoms with van der Waals surface area (Å²) in [6.45, 7) is 7.83. The lowest BCUT2D eigenvalue weighted by Crippen LogP contribution is -2.43. The summed E-state index contributed by atoms with van der Waals surface area (Å²) in [5.74, 6) is -0.299. The van der Waals surface area contributed by atoms with E-state index in [0.29, 0.717) is 6.54 Å². The Bertz CT molecular complexity index is 275. The summed E-state index contributed by atoms with van der Waals surface area (Å²) in [5, 5.41) is 18.6. The number of hydrogen-bond acceptors (Lipinski definition) is 3. The van der Waals surface area contributed by atoms with Crippen LogP contribution in [0.25, 0.3) is 0 Å². The molecular formula is C12H21NO3. The van der Waals surface area contributed by atoms with Crippen molar-refractivity contribution >= 4 is 5.91 Å². The van der Waals surface area contributed by atoms with E-state index in [1.165, 1.54) is 0 Å². The van der Waals surface area contributed by atoms with Gasteiger partial charge in [-0.2, -0.15) is 0 Å². The maximum absolute atomic E-state index is 12.1. The predicted molar refractivity (Wildman–Crippen MR) is 61.9 cm³/mol. The Morgan fingerprint density at radius 2 is 2.19 bits per heavy atom. The standard InChI is InChI=1S/C12H21NO3/c1-8(2)10(7-14)12(16)13-6-4-5-11(13)9(3)15/h8,10-11,14-15H,3-7H2,1-2H3/t10?,11-/m0/s1. The lowest BCUT2D eigenvalue weighted by molar-refractivity contribution is -0.139. The minimum atomic E-state index is -0.375. The van der Waals surface area contributed by atoms with Gasteiger partial charge in [-0.25, -0.2) is 0 Å². The molecule has 2 atom stereocenters. The van der Waals surface area contributed by atoms with E-state index < -0.39 is 0 Å². The van der Waals surface area contributed by atoms with Crippen molar-refractivity contribution in [1.29, 1.82) is 0 Å². The molecule has 0 aliphatic carbocycles. The van der Waals surface area contributed by atoms with E-state index in [2.05, 4.69) is 6.58 Å². The fourth-order valence-corrected chi connectivity index (χ4v) is 2.16. The second-order valence-electron chi connectivity index (χ2n) is 4.71. The average molecular weight is 227 g/mol. The maximum atomic E-state index is 12.1. The number of aliphatic hydroxyl groups is 2. The summed E-state index contributed by atoms with van der Waals surface area (Å²) < 4.78 is 0. The Kier molecular flexibility index (Phi) is 4.35. The second kappa shape index (κ2) is 5.34. The van der Waals surface area contributed by atoms with Crippen LogP contribution in [0.3, 0.4) is 0 Å². The SMILES string of the molecule is C=C(O)[C@@H]1CCCN1C(=O)C(CO)C(C)C. The number of carbonyl (C=O) groups is 1. The first-order chi connectivity index (χ1) is 7.49. The largest absolute Gasteiger partial charge is 0.511 e. The number of amides is 1. The Labute approximate surface area is 96.6 Å². The minimum absolute atomic E-state index is 0.0475. The van der Waals surface area contributed by atoms with Gasteiger partial charge in [0.05, 0.1) is 18.6 Å². The monoisotopic (exact) mass is 227 g/mol. The third kappa shape index (κ3) is 2.55. The van der Waals surface area contributed by atoms with Crippen molar-refractivity contribution in [2.45, 2.75) is 32.7 Å². The van der Waals surface area contributed by atoms with Crippen LogP contribution in [-0.2, 0) is 4.79 Å². The van der Waals surface area contributed by atoms with E-state index in [1.807, 2.05) is 13.8 Å². The van der Waals surface area contributed by atoms with Crippen molar-refractivity contribution in [1.82, 2.24) is 4.90 Å². The molecule has 0 saturated carbocycles. The lowest BCUT2D eigenvalue weighted by Gasteiger charge is -2.29. The van der Waals surface area contributed by atoms with Gasteiger partial charge in [0.25, 0.3) is 0 Å². The van der Waals surface area contributed by atoms with Crippen LogP contribution in [0.5, 0.6) is 0 Å². The van der Waals surface area contributed by atoms with Gasteiger partial charge in [-0.1, -0.05) is 20.4 Å². The smallest absolute Gasteiger partial charge is 0.228 e. The molecule has 1 rings (SSSR count). The molecule has 0 spiro atoms. The fourth-order valence-electron chi connectivity index (χ4n) is 2.16. The molecule has 1 fully saturated rings. The molecule has 4 heteroatoms. The summed E-state index contributed by atoms with van der Waals surface area (Å²) in [7, 11) is 0. The molecule has 1 amide bonds. The molecule has 16 heavy (non-hydrogen) atoms. The quantitative estimate of drug-likeness (QED) is 0.712. The Morgan fingerprint density at radius 3 is 2.62 bits per heavy atom. The van der Waals surface area contributed by atoms with Crippen LogP contribution in [0.1, 0.15) is 26.7 Å². The topological polar surface area (TPSA) is 60.8 Å². The van der Waals surface area contributed by atoms with Crippen LogP contribution in [0.2, 0.25) is 0 Å². The van der Waals surface area contributed by atoms with Crippen LogP contribution >= 0.6 is 0 Å². The van der Waals surface area contributed by atoms with Gasteiger partial charge in [0.1, 0.15) is 5.76 Å². The van der Waals surface area contributed by atoms with Gasteiger partial charge in [0.15, 0.2) is 0 Å².